The second kappa shape index (κ2) is 9.17. The fraction of sp³-hybridized carbons (Fsp3) is 0.556. The molecule has 0 aliphatic carbocycles. The minimum Gasteiger partial charge on any atom is -0.351 e. The third-order valence-corrected chi connectivity index (χ3v) is 4.80. The number of nitrogens with one attached hydrogen (secondary N) is 2. The number of carbonyl (C=O) groups excluding carboxylic acids is 2. The fourth-order valence-corrected chi connectivity index (χ4v) is 3.27. The average Bonchev–Trinajstić information content (AvgIpc) is 3.02. The number of halogens is 1. The Bertz CT molecular complexity index is 593. The van der Waals surface area contributed by atoms with Gasteiger partial charge in [-0.25, -0.2) is 0 Å². The Morgan fingerprint density at radius 2 is 2.04 bits per heavy atom. The van der Waals surface area contributed by atoms with E-state index in [1.165, 1.54) is 0 Å². The molecule has 2 aliphatic rings. The number of piperazine rings is 1. The highest BCUT2D eigenvalue weighted by molar-refractivity contribution is 5.95. The van der Waals surface area contributed by atoms with Crippen molar-refractivity contribution in [1.82, 2.24) is 15.5 Å². The number of hydrogen-bond acceptors (Lipinski definition) is 4. The molecule has 0 spiro atoms. The van der Waals surface area contributed by atoms with Crippen LogP contribution in [0, 0.1) is 0 Å². The first-order valence-corrected chi connectivity index (χ1v) is 8.74. The zero-order valence-electron chi connectivity index (χ0n) is 14.7. The van der Waals surface area contributed by atoms with Gasteiger partial charge in [-0.2, -0.15) is 0 Å². The van der Waals surface area contributed by atoms with Crippen LogP contribution in [-0.4, -0.2) is 55.5 Å². The van der Waals surface area contributed by atoms with Crippen LogP contribution < -0.4 is 15.5 Å². The summed E-state index contributed by atoms with van der Waals surface area (Å²) in [5.41, 5.74) is 1.99. The number of carbonyl (C=O) groups is 2. The van der Waals surface area contributed by atoms with Gasteiger partial charge in [0.15, 0.2) is 0 Å². The second-order valence-electron chi connectivity index (χ2n) is 6.62. The normalized spacial score (nSPS) is 21.1. The molecule has 2 fully saturated rings. The van der Waals surface area contributed by atoms with E-state index in [0.29, 0.717) is 25.6 Å². The van der Waals surface area contributed by atoms with E-state index in [1.807, 2.05) is 29.2 Å². The second-order valence-corrected chi connectivity index (χ2v) is 6.62. The van der Waals surface area contributed by atoms with Crippen LogP contribution in [0.5, 0.6) is 0 Å². The smallest absolute Gasteiger partial charge is 0.234 e. The molecule has 2 aliphatic heterocycles. The van der Waals surface area contributed by atoms with Gasteiger partial charge in [0.05, 0.1) is 6.54 Å². The van der Waals surface area contributed by atoms with Gasteiger partial charge >= 0.3 is 0 Å². The van der Waals surface area contributed by atoms with Crippen LogP contribution in [0.1, 0.15) is 25.3 Å². The molecule has 2 heterocycles. The van der Waals surface area contributed by atoms with Crippen molar-refractivity contribution in [2.45, 2.75) is 32.4 Å². The Balaban J connectivity index is 0.00000225. The largest absolute Gasteiger partial charge is 0.351 e. The van der Waals surface area contributed by atoms with Gasteiger partial charge < -0.3 is 15.5 Å². The standard InChI is InChI=1S/C18H26N4O2.ClH/c1-14-11-19-8-10-21(14)13-17(23)20-12-15-4-6-16(7-5-15)22-9-2-3-18(22)24;/h4-7,14,19H,2-3,8-13H2,1H3,(H,20,23);1H/t14-;/m0./s1. The van der Waals surface area contributed by atoms with Crippen LogP contribution in [0.25, 0.3) is 0 Å². The number of hydrogen-bond donors (Lipinski definition) is 2. The van der Waals surface area contributed by atoms with E-state index in [1.54, 1.807) is 0 Å². The van der Waals surface area contributed by atoms with Gasteiger partial charge in [0, 0.05) is 50.9 Å². The van der Waals surface area contributed by atoms with Crippen LogP contribution in [0.2, 0.25) is 0 Å². The first-order chi connectivity index (χ1) is 11.6. The third kappa shape index (κ3) is 5.17. The topological polar surface area (TPSA) is 64.7 Å². The number of benzene rings is 1. The molecule has 2 amide bonds. The Morgan fingerprint density at radius 3 is 2.68 bits per heavy atom. The molecular formula is C18H27ClN4O2. The van der Waals surface area contributed by atoms with Crippen molar-refractivity contribution in [1.29, 1.82) is 0 Å². The summed E-state index contributed by atoms with van der Waals surface area (Å²) in [7, 11) is 0. The highest BCUT2D eigenvalue weighted by Crippen LogP contribution is 2.21. The molecule has 0 bridgehead atoms. The first kappa shape index (κ1) is 19.7. The summed E-state index contributed by atoms with van der Waals surface area (Å²) in [6.45, 7) is 6.69. The maximum Gasteiger partial charge on any atom is 0.234 e. The number of anilines is 1. The lowest BCUT2D eigenvalue weighted by Gasteiger charge is -2.33. The van der Waals surface area contributed by atoms with Crippen molar-refractivity contribution in [3.05, 3.63) is 29.8 Å². The van der Waals surface area contributed by atoms with Gasteiger partial charge in [-0.1, -0.05) is 12.1 Å². The summed E-state index contributed by atoms with van der Waals surface area (Å²) in [5.74, 6) is 0.253. The molecule has 0 unspecified atom stereocenters. The van der Waals surface area contributed by atoms with Crippen molar-refractivity contribution in [2.24, 2.45) is 0 Å². The molecule has 0 aromatic heterocycles. The van der Waals surface area contributed by atoms with Gasteiger partial charge in [0.2, 0.25) is 11.8 Å². The van der Waals surface area contributed by atoms with E-state index in [-0.39, 0.29) is 24.2 Å². The summed E-state index contributed by atoms with van der Waals surface area (Å²) in [5, 5.41) is 6.31. The van der Waals surface area contributed by atoms with E-state index in [0.717, 1.165) is 43.9 Å². The van der Waals surface area contributed by atoms with E-state index in [9.17, 15) is 9.59 Å². The number of amides is 2. The maximum atomic E-state index is 12.1. The lowest BCUT2D eigenvalue weighted by Crippen LogP contribution is -2.52. The monoisotopic (exact) mass is 366 g/mol. The molecule has 3 rings (SSSR count). The first-order valence-electron chi connectivity index (χ1n) is 8.74. The Hall–Kier alpha value is -1.63. The van der Waals surface area contributed by atoms with Gasteiger partial charge in [-0.15, -0.1) is 12.4 Å². The Kier molecular flexibility index (Phi) is 7.23. The molecule has 0 saturated carbocycles. The molecule has 7 heteroatoms. The lowest BCUT2D eigenvalue weighted by molar-refractivity contribution is -0.123. The Labute approximate surface area is 155 Å². The molecule has 0 radical (unpaired) electrons. The summed E-state index contributed by atoms with van der Waals surface area (Å²) in [6, 6.07) is 8.27. The molecule has 1 aromatic carbocycles. The van der Waals surface area contributed by atoms with Gasteiger partial charge in [0.1, 0.15) is 0 Å². The highest BCUT2D eigenvalue weighted by Gasteiger charge is 2.22. The zero-order chi connectivity index (χ0) is 16.9. The van der Waals surface area contributed by atoms with Crippen LogP contribution in [-0.2, 0) is 16.1 Å². The SMILES string of the molecule is C[C@H]1CNCCN1CC(=O)NCc1ccc(N2CCCC2=O)cc1.Cl. The lowest BCUT2D eigenvalue weighted by atomic mass is 10.2. The Morgan fingerprint density at radius 1 is 1.28 bits per heavy atom. The van der Waals surface area contributed by atoms with Crippen molar-refractivity contribution in [3.63, 3.8) is 0 Å². The maximum absolute atomic E-state index is 12.1. The van der Waals surface area contributed by atoms with E-state index in [4.69, 9.17) is 0 Å². The van der Waals surface area contributed by atoms with Crippen molar-refractivity contribution in [3.8, 4) is 0 Å². The molecule has 138 valence electrons. The molecule has 6 nitrogen and oxygen atoms in total. The van der Waals surface area contributed by atoms with Crippen molar-refractivity contribution in [2.75, 3.05) is 37.6 Å². The fourth-order valence-electron chi connectivity index (χ4n) is 3.27. The highest BCUT2D eigenvalue weighted by atomic mass is 35.5. The van der Waals surface area contributed by atoms with Crippen molar-refractivity contribution >= 4 is 29.9 Å². The molecular weight excluding hydrogens is 340 g/mol. The summed E-state index contributed by atoms with van der Waals surface area (Å²) < 4.78 is 0. The van der Waals surface area contributed by atoms with Crippen LogP contribution >= 0.6 is 12.4 Å². The van der Waals surface area contributed by atoms with Gasteiger partial charge in [-0.05, 0) is 31.0 Å². The molecule has 25 heavy (non-hydrogen) atoms. The number of nitrogens with zero attached hydrogens (tertiary/aromatic N) is 2. The predicted molar refractivity (Wildman–Crippen MR) is 101 cm³/mol. The predicted octanol–water partition coefficient (Wildman–Crippen LogP) is 1.15. The molecule has 2 N–H and O–H groups in total. The van der Waals surface area contributed by atoms with Gasteiger partial charge in [0.25, 0.3) is 0 Å². The molecule has 2 saturated heterocycles. The molecule has 1 atom stereocenters. The summed E-state index contributed by atoms with van der Waals surface area (Å²) in [6.07, 6.45) is 1.57. The van der Waals surface area contributed by atoms with Crippen LogP contribution in [0.3, 0.4) is 0 Å². The molecule has 1 aromatic rings. The minimum atomic E-state index is 0. The van der Waals surface area contributed by atoms with Crippen molar-refractivity contribution < 1.29 is 9.59 Å². The quantitative estimate of drug-likeness (QED) is 0.820. The minimum absolute atomic E-state index is 0. The van der Waals surface area contributed by atoms with E-state index >= 15 is 0 Å². The summed E-state index contributed by atoms with van der Waals surface area (Å²) in [4.78, 5) is 27.9. The van der Waals surface area contributed by atoms with E-state index in [2.05, 4.69) is 22.5 Å². The summed E-state index contributed by atoms with van der Waals surface area (Å²) >= 11 is 0. The van der Waals surface area contributed by atoms with Crippen LogP contribution in [0.4, 0.5) is 5.69 Å². The van der Waals surface area contributed by atoms with Crippen LogP contribution in [0.15, 0.2) is 24.3 Å². The zero-order valence-corrected chi connectivity index (χ0v) is 15.5. The average molecular weight is 367 g/mol. The van der Waals surface area contributed by atoms with E-state index < -0.39 is 0 Å². The number of rotatable bonds is 5. The third-order valence-electron chi connectivity index (χ3n) is 4.80. The van der Waals surface area contributed by atoms with Gasteiger partial charge in [-0.3, -0.25) is 14.5 Å².